The Bertz CT molecular complexity index is 781. The number of hydrogen-bond acceptors (Lipinski definition) is 3. The summed E-state index contributed by atoms with van der Waals surface area (Å²) in [7, 11) is 0. The predicted octanol–water partition coefficient (Wildman–Crippen LogP) is 2.14. The van der Waals surface area contributed by atoms with Crippen LogP contribution in [0.15, 0.2) is 35.2 Å². The monoisotopic (exact) mass is 337 g/mol. The van der Waals surface area contributed by atoms with Crippen LogP contribution >= 0.6 is 15.9 Å². The average molecular weight is 338 g/mol. The van der Waals surface area contributed by atoms with Crippen molar-refractivity contribution in [2.24, 2.45) is 0 Å². The number of aromatic nitrogens is 4. The fraction of sp³-hybridized carbons (Fsp3) is 0.0833. The maximum absolute atomic E-state index is 13.1. The molecule has 0 atom stereocenters. The lowest BCUT2D eigenvalue weighted by Gasteiger charge is -1.98. The number of imidazole rings is 1. The van der Waals surface area contributed by atoms with Gasteiger partial charge in [-0.15, -0.1) is 0 Å². The zero-order valence-corrected chi connectivity index (χ0v) is 11.7. The van der Waals surface area contributed by atoms with Gasteiger partial charge in [-0.2, -0.15) is 5.10 Å². The molecule has 0 aliphatic carbocycles. The van der Waals surface area contributed by atoms with Gasteiger partial charge in [-0.25, -0.2) is 9.37 Å². The van der Waals surface area contributed by atoms with Crippen LogP contribution in [0.25, 0.3) is 5.65 Å². The molecule has 0 aliphatic rings. The third-order valence-corrected chi connectivity index (χ3v) is 3.03. The molecule has 3 heterocycles. The van der Waals surface area contributed by atoms with Crippen molar-refractivity contribution in [1.29, 1.82) is 0 Å². The number of fused-ring (bicyclic) bond motifs is 1. The van der Waals surface area contributed by atoms with E-state index in [4.69, 9.17) is 0 Å². The maximum Gasteiger partial charge on any atom is 0.231 e. The number of halogens is 2. The van der Waals surface area contributed by atoms with Gasteiger partial charge in [0.2, 0.25) is 5.91 Å². The summed E-state index contributed by atoms with van der Waals surface area (Å²) in [5, 5.41) is 9.16. The standard InChI is InChI=1S/C12H9BrFN5O/c13-9-4-10(18-17-9)16-12(20)3-8-6-19-5-7(14)1-2-11(19)15-8/h1-2,4-6H,3H2,(H2,16,17,18,20). The van der Waals surface area contributed by atoms with Crippen LogP contribution in [-0.2, 0) is 11.2 Å². The average Bonchev–Trinajstić information content (AvgIpc) is 2.94. The van der Waals surface area contributed by atoms with Crippen LogP contribution in [-0.4, -0.2) is 25.5 Å². The summed E-state index contributed by atoms with van der Waals surface area (Å²) in [5.74, 6) is -0.170. The molecule has 0 saturated carbocycles. The van der Waals surface area contributed by atoms with Gasteiger partial charge in [0.1, 0.15) is 16.1 Å². The van der Waals surface area contributed by atoms with E-state index in [2.05, 4.69) is 36.4 Å². The van der Waals surface area contributed by atoms with Gasteiger partial charge in [0.15, 0.2) is 5.82 Å². The van der Waals surface area contributed by atoms with Crippen molar-refractivity contribution in [2.45, 2.75) is 6.42 Å². The lowest BCUT2D eigenvalue weighted by Crippen LogP contribution is -2.14. The number of amides is 1. The Labute approximate surface area is 121 Å². The molecule has 0 spiro atoms. The highest BCUT2D eigenvalue weighted by Gasteiger charge is 2.09. The molecule has 20 heavy (non-hydrogen) atoms. The van der Waals surface area contributed by atoms with Crippen molar-refractivity contribution < 1.29 is 9.18 Å². The SMILES string of the molecule is O=C(Cc1cn2cc(F)ccc2n1)Nc1cc(Br)[nH]n1. The van der Waals surface area contributed by atoms with E-state index in [0.29, 0.717) is 21.8 Å². The van der Waals surface area contributed by atoms with Crippen LogP contribution in [0.5, 0.6) is 0 Å². The number of aromatic amines is 1. The summed E-state index contributed by atoms with van der Waals surface area (Å²) in [5.41, 5.74) is 1.15. The van der Waals surface area contributed by atoms with Crippen LogP contribution in [0.4, 0.5) is 10.2 Å². The molecule has 0 radical (unpaired) electrons. The number of carbonyl (C=O) groups is 1. The number of nitrogens with zero attached hydrogens (tertiary/aromatic N) is 3. The van der Waals surface area contributed by atoms with Gasteiger partial charge < -0.3 is 9.72 Å². The summed E-state index contributed by atoms with van der Waals surface area (Å²) < 4.78 is 15.3. The first-order chi connectivity index (χ1) is 9.60. The smallest absolute Gasteiger partial charge is 0.231 e. The summed E-state index contributed by atoms with van der Waals surface area (Å²) in [6.07, 6.45) is 3.03. The van der Waals surface area contributed by atoms with E-state index in [-0.39, 0.29) is 18.1 Å². The van der Waals surface area contributed by atoms with E-state index in [1.807, 2.05) is 0 Å². The number of carbonyl (C=O) groups excluding carboxylic acids is 1. The molecule has 2 N–H and O–H groups in total. The van der Waals surface area contributed by atoms with Gasteiger partial charge in [0, 0.05) is 18.5 Å². The number of pyridine rings is 1. The summed E-state index contributed by atoms with van der Waals surface area (Å²) in [4.78, 5) is 16.1. The third kappa shape index (κ3) is 2.69. The van der Waals surface area contributed by atoms with Gasteiger partial charge in [0.25, 0.3) is 0 Å². The minimum absolute atomic E-state index is 0.0910. The van der Waals surface area contributed by atoms with E-state index >= 15 is 0 Å². The lowest BCUT2D eigenvalue weighted by molar-refractivity contribution is -0.115. The third-order valence-electron chi connectivity index (χ3n) is 2.62. The van der Waals surface area contributed by atoms with E-state index in [1.54, 1.807) is 22.7 Å². The number of rotatable bonds is 3. The van der Waals surface area contributed by atoms with Gasteiger partial charge >= 0.3 is 0 Å². The lowest BCUT2D eigenvalue weighted by atomic mass is 10.3. The summed E-state index contributed by atoms with van der Waals surface area (Å²) in [6.45, 7) is 0. The van der Waals surface area contributed by atoms with Gasteiger partial charge in [-0.05, 0) is 28.1 Å². The molecular weight excluding hydrogens is 329 g/mol. The zero-order valence-electron chi connectivity index (χ0n) is 10.1. The fourth-order valence-corrected chi connectivity index (χ4v) is 2.12. The molecule has 3 aromatic rings. The maximum atomic E-state index is 13.1. The molecule has 0 fully saturated rings. The first-order valence-corrected chi connectivity index (χ1v) is 6.53. The van der Waals surface area contributed by atoms with Gasteiger partial charge in [0.05, 0.1) is 12.1 Å². The largest absolute Gasteiger partial charge is 0.309 e. The number of H-pyrrole nitrogens is 1. The second kappa shape index (κ2) is 5.04. The molecule has 6 nitrogen and oxygen atoms in total. The zero-order chi connectivity index (χ0) is 14.1. The fourth-order valence-electron chi connectivity index (χ4n) is 1.82. The van der Waals surface area contributed by atoms with E-state index < -0.39 is 0 Å². The highest BCUT2D eigenvalue weighted by atomic mass is 79.9. The van der Waals surface area contributed by atoms with Gasteiger partial charge in [-0.1, -0.05) is 0 Å². The summed E-state index contributed by atoms with van der Waals surface area (Å²) >= 11 is 3.20. The van der Waals surface area contributed by atoms with Crippen LogP contribution in [0.2, 0.25) is 0 Å². The van der Waals surface area contributed by atoms with E-state index in [9.17, 15) is 9.18 Å². The highest BCUT2D eigenvalue weighted by molar-refractivity contribution is 9.10. The van der Waals surface area contributed by atoms with Crippen molar-refractivity contribution >= 4 is 33.3 Å². The molecule has 0 aliphatic heterocycles. The Morgan fingerprint density at radius 3 is 3.05 bits per heavy atom. The Morgan fingerprint density at radius 2 is 2.30 bits per heavy atom. The highest BCUT2D eigenvalue weighted by Crippen LogP contribution is 2.12. The number of anilines is 1. The van der Waals surface area contributed by atoms with Crippen molar-refractivity contribution in [3.8, 4) is 0 Å². The molecular formula is C12H9BrFN5O. The topological polar surface area (TPSA) is 75.1 Å². The number of nitrogens with one attached hydrogen (secondary N) is 2. The van der Waals surface area contributed by atoms with Crippen LogP contribution < -0.4 is 5.32 Å². The first-order valence-electron chi connectivity index (χ1n) is 5.74. The Balaban J connectivity index is 1.73. The second-order valence-electron chi connectivity index (χ2n) is 4.17. The molecule has 8 heteroatoms. The van der Waals surface area contributed by atoms with E-state index in [0.717, 1.165) is 0 Å². The van der Waals surface area contributed by atoms with Crippen LogP contribution in [0.3, 0.4) is 0 Å². The van der Waals surface area contributed by atoms with E-state index in [1.165, 1.54) is 12.3 Å². The van der Waals surface area contributed by atoms with Crippen molar-refractivity contribution in [2.75, 3.05) is 5.32 Å². The molecule has 1 amide bonds. The molecule has 0 bridgehead atoms. The molecule has 0 aromatic carbocycles. The van der Waals surface area contributed by atoms with Crippen molar-refractivity contribution in [3.63, 3.8) is 0 Å². The molecule has 0 unspecified atom stereocenters. The van der Waals surface area contributed by atoms with Crippen LogP contribution in [0, 0.1) is 5.82 Å². The van der Waals surface area contributed by atoms with Crippen LogP contribution in [0.1, 0.15) is 5.69 Å². The summed E-state index contributed by atoms with van der Waals surface area (Å²) in [6, 6.07) is 4.53. The minimum Gasteiger partial charge on any atom is -0.309 e. The molecule has 3 rings (SSSR count). The second-order valence-corrected chi connectivity index (χ2v) is 5.03. The number of hydrogen-bond donors (Lipinski definition) is 2. The van der Waals surface area contributed by atoms with Gasteiger partial charge in [-0.3, -0.25) is 9.89 Å². The quantitative estimate of drug-likeness (QED) is 0.768. The predicted molar refractivity (Wildman–Crippen MR) is 73.8 cm³/mol. The Morgan fingerprint density at radius 1 is 1.45 bits per heavy atom. The molecule has 0 saturated heterocycles. The normalized spacial score (nSPS) is 10.9. The Hall–Kier alpha value is -2.22. The molecule has 3 aromatic heterocycles. The first kappa shape index (κ1) is 12.8. The minimum atomic E-state index is -0.354. The van der Waals surface area contributed by atoms with Crippen molar-refractivity contribution in [1.82, 2.24) is 19.6 Å². The molecule has 102 valence electrons. The van der Waals surface area contributed by atoms with Crippen molar-refractivity contribution in [3.05, 3.63) is 46.7 Å². The Kier molecular flexibility index (Phi) is 3.23.